The van der Waals surface area contributed by atoms with Gasteiger partial charge in [-0.3, -0.25) is 0 Å². The maximum atomic E-state index is 11.4. The van der Waals surface area contributed by atoms with Gasteiger partial charge in [0.2, 0.25) is 10.0 Å². The summed E-state index contributed by atoms with van der Waals surface area (Å²) in [5.41, 5.74) is -0.189. The molecule has 1 aromatic carbocycles. The van der Waals surface area contributed by atoms with Crippen molar-refractivity contribution in [3.63, 3.8) is 0 Å². The topological polar surface area (TPSA) is 130 Å². The minimum Gasteiger partial charge on any atom is -0.492 e. The van der Waals surface area contributed by atoms with Crippen LogP contribution in [0.4, 0.5) is 0 Å². The fraction of sp³-hybridized carbons (Fsp3) is 0.333. The number of nitriles is 1. The molecular formula is C12H14N2O5S. The molecule has 8 heteroatoms. The van der Waals surface area contributed by atoms with Gasteiger partial charge in [0, 0.05) is 6.42 Å². The molecule has 0 radical (unpaired) electrons. The molecule has 0 amide bonds. The molecule has 1 rings (SSSR count). The zero-order valence-corrected chi connectivity index (χ0v) is 11.4. The van der Waals surface area contributed by atoms with E-state index in [1.54, 1.807) is 0 Å². The van der Waals surface area contributed by atoms with E-state index in [-0.39, 0.29) is 22.8 Å². The monoisotopic (exact) mass is 298 g/mol. The molecule has 0 aliphatic carbocycles. The van der Waals surface area contributed by atoms with E-state index >= 15 is 0 Å². The van der Waals surface area contributed by atoms with Crippen LogP contribution in [-0.4, -0.2) is 26.1 Å². The predicted octanol–water partition coefficient (Wildman–Crippen LogP) is 1.10. The van der Waals surface area contributed by atoms with Gasteiger partial charge in [-0.25, -0.2) is 18.4 Å². The Morgan fingerprint density at radius 3 is 2.65 bits per heavy atom. The van der Waals surface area contributed by atoms with Crippen molar-refractivity contribution in [1.29, 1.82) is 5.26 Å². The molecular weight excluding hydrogens is 284 g/mol. The van der Waals surface area contributed by atoms with Crippen molar-refractivity contribution in [2.24, 2.45) is 5.14 Å². The van der Waals surface area contributed by atoms with Crippen molar-refractivity contribution in [2.75, 3.05) is 6.61 Å². The van der Waals surface area contributed by atoms with Crippen molar-refractivity contribution in [2.45, 2.75) is 24.2 Å². The number of nitrogens with zero attached hydrogens (tertiary/aromatic N) is 1. The smallest absolute Gasteiger partial charge is 0.335 e. The Kier molecular flexibility index (Phi) is 5.49. The van der Waals surface area contributed by atoms with Crippen LogP contribution in [0.15, 0.2) is 23.1 Å². The number of hydrogen-bond donors (Lipinski definition) is 2. The number of hydrogen-bond acceptors (Lipinski definition) is 5. The number of unbranched alkanes of at least 4 members (excludes halogenated alkanes) is 2. The molecule has 0 bridgehead atoms. The first-order chi connectivity index (χ1) is 9.36. The summed E-state index contributed by atoms with van der Waals surface area (Å²) in [5, 5.41) is 22.2. The van der Waals surface area contributed by atoms with Gasteiger partial charge in [0.05, 0.1) is 18.2 Å². The second kappa shape index (κ2) is 6.88. The number of nitrogens with two attached hydrogens (primary N) is 1. The van der Waals surface area contributed by atoms with Crippen molar-refractivity contribution >= 4 is 16.0 Å². The lowest BCUT2D eigenvalue weighted by Gasteiger charge is -2.10. The summed E-state index contributed by atoms with van der Waals surface area (Å²) in [6.07, 6.45) is 1.61. The van der Waals surface area contributed by atoms with E-state index in [2.05, 4.69) is 0 Å². The molecule has 108 valence electrons. The Labute approximate surface area is 116 Å². The van der Waals surface area contributed by atoms with Crippen LogP contribution < -0.4 is 9.88 Å². The van der Waals surface area contributed by atoms with Gasteiger partial charge >= 0.3 is 5.97 Å². The standard InChI is InChI=1S/C12H14N2O5S/c13-6-2-1-3-7-19-10-5-4-9(12(15)16)8-11(10)20(14,17)18/h4-5,8H,1-3,7H2,(H,15,16)(H2,14,17,18). The molecule has 0 spiro atoms. The van der Waals surface area contributed by atoms with Gasteiger partial charge in [-0.1, -0.05) is 0 Å². The molecule has 20 heavy (non-hydrogen) atoms. The predicted molar refractivity (Wildman–Crippen MR) is 69.7 cm³/mol. The Morgan fingerprint density at radius 2 is 2.10 bits per heavy atom. The lowest BCUT2D eigenvalue weighted by Crippen LogP contribution is -2.15. The molecule has 1 aromatic rings. The summed E-state index contributed by atoms with van der Waals surface area (Å²) in [6.45, 7) is 0.219. The summed E-state index contributed by atoms with van der Waals surface area (Å²) in [4.78, 5) is 10.5. The largest absolute Gasteiger partial charge is 0.492 e. The minimum atomic E-state index is -4.08. The highest BCUT2D eigenvalue weighted by atomic mass is 32.2. The van der Waals surface area contributed by atoms with E-state index in [0.29, 0.717) is 19.3 Å². The van der Waals surface area contributed by atoms with E-state index in [0.717, 1.165) is 6.07 Å². The molecule has 0 atom stereocenters. The van der Waals surface area contributed by atoms with Crippen LogP contribution in [0.2, 0.25) is 0 Å². The van der Waals surface area contributed by atoms with Gasteiger partial charge in [-0.05, 0) is 31.0 Å². The van der Waals surface area contributed by atoms with Crippen LogP contribution in [0.25, 0.3) is 0 Å². The first-order valence-electron chi connectivity index (χ1n) is 5.76. The first kappa shape index (κ1) is 15.9. The quantitative estimate of drug-likeness (QED) is 0.725. The Morgan fingerprint density at radius 1 is 1.40 bits per heavy atom. The Balaban J connectivity index is 2.91. The first-order valence-corrected chi connectivity index (χ1v) is 7.31. The molecule has 0 aliphatic rings. The highest BCUT2D eigenvalue weighted by Gasteiger charge is 2.18. The van der Waals surface area contributed by atoms with Crippen LogP contribution in [0.1, 0.15) is 29.6 Å². The van der Waals surface area contributed by atoms with Crippen molar-refractivity contribution < 1.29 is 23.1 Å². The zero-order chi connectivity index (χ0) is 15.2. The Bertz CT molecular complexity index is 634. The molecule has 0 aromatic heterocycles. The summed E-state index contributed by atoms with van der Waals surface area (Å²) in [7, 11) is -4.08. The highest BCUT2D eigenvalue weighted by Crippen LogP contribution is 2.24. The summed E-state index contributed by atoms with van der Waals surface area (Å²) in [6, 6.07) is 5.44. The average molecular weight is 298 g/mol. The van der Waals surface area contributed by atoms with Gasteiger partial charge in [0.1, 0.15) is 10.6 Å². The molecule has 0 heterocycles. The van der Waals surface area contributed by atoms with Crippen LogP contribution >= 0.6 is 0 Å². The lowest BCUT2D eigenvalue weighted by atomic mass is 10.2. The molecule has 7 nitrogen and oxygen atoms in total. The van der Waals surface area contributed by atoms with Crippen molar-refractivity contribution in [3.8, 4) is 11.8 Å². The van der Waals surface area contributed by atoms with Gasteiger partial charge < -0.3 is 9.84 Å². The number of primary sulfonamides is 1. The third-order valence-corrected chi connectivity index (χ3v) is 3.37. The fourth-order valence-electron chi connectivity index (χ4n) is 1.47. The van der Waals surface area contributed by atoms with Crippen molar-refractivity contribution in [1.82, 2.24) is 0 Å². The SMILES string of the molecule is N#CCCCCOc1ccc(C(=O)O)cc1S(N)(=O)=O. The number of ether oxygens (including phenoxy) is 1. The molecule has 0 unspecified atom stereocenters. The Hall–Kier alpha value is -2.11. The van der Waals surface area contributed by atoms with Gasteiger partial charge in [-0.15, -0.1) is 0 Å². The normalized spacial score (nSPS) is 10.8. The number of carboxylic acids is 1. The van der Waals surface area contributed by atoms with Crippen LogP contribution in [0.3, 0.4) is 0 Å². The summed E-state index contributed by atoms with van der Waals surface area (Å²) in [5.74, 6) is -1.25. The third kappa shape index (κ3) is 4.53. The molecule has 3 N–H and O–H groups in total. The van der Waals surface area contributed by atoms with E-state index < -0.39 is 16.0 Å². The fourth-order valence-corrected chi connectivity index (χ4v) is 2.17. The maximum absolute atomic E-state index is 11.4. The summed E-state index contributed by atoms with van der Waals surface area (Å²) >= 11 is 0. The minimum absolute atomic E-state index is 0.00876. The number of benzene rings is 1. The average Bonchev–Trinajstić information content (AvgIpc) is 2.37. The number of aromatic carboxylic acids is 1. The zero-order valence-electron chi connectivity index (χ0n) is 10.6. The second-order valence-corrected chi connectivity index (χ2v) is 5.51. The molecule has 0 aliphatic heterocycles. The molecule has 0 fully saturated rings. The third-order valence-electron chi connectivity index (χ3n) is 2.44. The number of carboxylic acid groups (broad SMARTS) is 1. The van der Waals surface area contributed by atoms with Gasteiger partial charge in [-0.2, -0.15) is 5.26 Å². The van der Waals surface area contributed by atoms with Crippen LogP contribution in [0, 0.1) is 11.3 Å². The van der Waals surface area contributed by atoms with Crippen molar-refractivity contribution in [3.05, 3.63) is 23.8 Å². The lowest BCUT2D eigenvalue weighted by molar-refractivity contribution is 0.0696. The summed E-state index contributed by atoms with van der Waals surface area (Å²) < 4.78 is 28.1. The number of sulfonamides is 1. The van der Waals surface area contributed by atoms with Gasteiger partial charge in [0.15, 0.2) is 0 Å². The second-order valence-electron chi connectivity index (χ2n) is 3.98. The van der Waals surface area contributed by atoms with Crippen LogP contribution in [-0.2, 0) is 10.0 Å². The number of rotatable bonds is 7. The molecule has 0 saturated heterocycles. The van der Waals surface area contributed by atoms with Gasteiger partial charge in [0.25, 0.3) is 0 Å². The molecule has 0 saturated carbocycles. The number of carbonyl (C=O) groups is 1. The van der Waals surface area contributed by atoms with E-state index in [9.17, 15) is 13.2 Å². The van der Waals surface area contributed by atoms with E-state index in [1.807, 2.05) is 6.07 Å². The highest BCUT2D eigenvalue weighted by molar-refractivity contribution is 7.89. The van der Waals surface area contributed by atoms with E-state index in [1.165, 1.54) is 12.1 Å². The van der Waals surface area contributed by atoms with E-state index in [4.69, 9.17) is 20.2 Å². The van der Waals surface area contributed by atoms with Crippen LogP contribution in [0.5, 0.6) is 5.75 Å². The maximum Gasteiger partial charge on any atom is 0.335 e.